The molecule has 0 saturated heterocycles. The third-order valence-corrected chi connectivity index (χ3v) is 1.99. The molecule has 1 aromatic rings. The van der Waals surface area contributed by atoms with Crippen LogP contribution in [0.15, 0.2) is 10.9 Å². The number of hydrogen-bond acceptors (Lipinski definition) is 3. The fourth-order valence-electron chi connectivity index (χ4n) is 1.39. The van der Waals surface area contributed by atoms with Gasteiger partial charge in [-0.1, -0.05) is 0 Å². The highest BCUT2D eigenvalue weighted by Gasteiger charge is 2.13. The number of aromatic nitrogens is 1. The van der Waals surface area contributed by atoms with E-state index in [1.54, 1.807) is 19.9 Å². The number of rotatable bonds is 3. The zero-order chi connectivity index (χ0) is 11.4. The van der Waals surface area contributed by atoms with Crippen molar-refractivity contribution in [2.45, 2.75) is 13.8 Å². The highest BCUT2D eigenvalue weighted by molar-refractivity contribution is 5.95. The van der Waals surface area contributed by atoms with E-state index in [9.17, 15) is 9.59 Å². The second kappa shape index (κ2) is 4.75. The van der Waals surface area contributed by atoms with Crippen molar-refractivity contribution in [3.05, 3.63) is 33.2 Å². The number of amides is 1. The van der Waals surface area contributed by atoms with Gasteiger partial charge in [-0.15, -0.1) is 0 Å². The molecule has 0 aliphatic heterocycles. The number of carbonyl (C=O) groups is 1. The summed E-state index contributed by atoms with van der Waals surface area (Å²) < 4.78 is 0. The van der Waals surface area contributed by atoms with Gasteiger partial charge in [0.15, 0.2) is 0 Å². The zero-order valence-electron chi connectivity index (χ0n) is 8.76. The van der Waals surface area contributed by atoms with Crippen LogP contribution in [-0.4, -0.2) is 29.1 Å². The van der Waals surface area contributed by atoms with Crippen molar-refractivity contribution in [1.29, 1.82) is 0 Å². The van der Waals surface area contributed by atoms with Gasteiger partial charge in [0.2, 0.25) is 0 Å². The van der Waals surface area contributed by atoms with Crippen LogP contribution in [0.25, 0.3) is 0 Å². The number of hydrogen-bond donors (Lipinski definition) is 3. The van der Waals surface area contributed by atoms with Crippen molar-refractivity contribution >= 4 is 5.91 Å². The average molecular weight is 210 g/mol. The van der Waals surface area contributed by atoms with Gasteiger partial charge >= 0.3 is 0 Å². The number of aliphatic hydroxyl groups is 1. The number of aryl methyl sites for hydroxylation is 2. The first kappa shape index (κ1) is 11.5. The molecule has 0 unspecified atom stereocenters. The highest BCUT2D eigenvalue weighted by atomic mass is 16.3. The number of pyridine rings is 1. The van der Waals surface area contributed by atoms with Crippen molar-refractivity contribution in [2.24, 2.45) is 0 Å². The molecular formula is C10H14N2O3. The van der Waals surface area contributed by atoms with E-state index in [4.69, 9.17) is 5.11 Å². The van der Waals surface area contributed by atoms with Gasteiger partial charge in [-0.05, 0) is 25.5 Å². The van der Waals surface area contributed by atoms with E-state index in [0.717, 1.165) is 5.69 Å². The molecule has 0 aromatic carbocycles. The van der Waals surface area contributed by atoms with Crippen molar-refractivity contribution in [2.75, 3.05) is 13.2 Å². The van der Waals surface area contributed by atoms with Crippen LogP contribution >= 0.6 is 0 Å². The van der Waals surface area contributed by atoms with Crippen LogP contribution < -0.4 is 10.9 Å². The Balaban J connectivity index is 3.04. The Kier molecular flexibility index (Phi) is 3.62. The second-order valence-electron chi connectivity index (χ2n) is 3.32. The Morgan fingerprint density at radius 3 is 2.73 bits per heavy atom. The van der Waals surface area contributed by atoms with E-state index in [-0.39, 0.29) is 18.7 Å². The molecule has 1 amide bonds. The van der Waals surface area contributed by atoms with Crippen LogP contribution in [0, 0.1) is 13.8 Å². The molecule has 0 atom stereocenters. The van der Waals surface area contributed by atoms with Crippen molar-refractivity contribution in [3.63, 3.8) is 0 Å². The summed E-state index contributed by atoms with van der Waals surface area (Å²) in [6, 6.07) is 1.73. The quantitative estimate of drug-likeness (QED) is 0.641. The lowest BCUT2D eigenvalue weighted by Gasteiger charge is -2.06. The molecule has 0 saturated carbocycles. The van der Waals surface area contributed by atoms with E-state index in [0.29, 0.717) is 5.56 Å². The molecule has 1 heterocycles. The lowest BCUT2D eigenvalue weighted by molar-refractivity contribution is 0.0942. The Bertz CT molecular complexity index is 423. The first-order valence-corrected chi connectivity index (χ1v) is 4.66. The van der Waals surface area contributed by atoms with E-state index in [1.165, 1.54) is 0 Å². The summed E-state index contributed by atoms with van der Waals surface area (Å²) >= 11 is 0. The summed E-state index contributed by atoms with van der Waals surface area (Å²) in [6.07, 6.45) is 0. The number of aliphatic hydroxyl groups excluding tert-OH is 1. The fraction of sp³-hybridized carbons (Fsp3) is 0.400. The average Bonchev–Trinajstić information content (AvgIpc) is 2.12. The Morgan fingerprint density at radius 2 is 2.20 bits per heavy atom. The van der Waals surface area contributed by atoms with Crippen LogP contribution in [0.5, 0.6) is 0 Å². The topological polar surface area (TPSA) is 82.2 Å². The smallest absolute Gasteiger partial charge is 0.261 e. The van der Waals surface area contributed by atoms with E-state index in [2.05, 4.69) is 10.3 Å². The summed E-state index contributed by atoms with van der Waals surface area (Å²) in [7, 11) is 0. The van der Waals surface area contributed by atoms with Gasteiger partial charge in [0.25, 0.3) is 11.5 Å². The van der Waals surface area contributed by atoms with Crippen LogP contribution in [-0.2, 0) is 0 Å². The van der Waals surface area contributed by atoms with E-state index in [1.807, 2.05) is 0 Å². The predicted octanol–water partition coefficient (Wildman–Crippen LogP) is -0.286. The fourth-order valence-corrected chi connectivity index (χ4v) is 1.39. The third-order valence-electron chi connectivity index (χ3n) is 1.99. The monoisotopic (exact) mass is 210 g/mol. The normalized spacial score (nSPS) is 10.1. The first-order valence-electron chi connectivity index (χ1n) is 4.66. The number of carbonyl (C=O) groups excluding carboxylic acids is 1. The van der Waals surface area contributed by atoms with E-state index >= 15 is 0 Å². The van der Waals surface area contributed by atoms with Gasteiger partial charge in [-0.25, -0.2) is 0 Å². The molecular weight excluding hydrogens is 196 g/mol. The molecule has 1 rings (SSSR count). The Labute approximate surface area is 87.1 Å². The first-order chi connectivity index (χ1) is 7.06. The summed E-state index contributed by atoms with van der Waals surface area (Å²) in [5.41, 5.74) is 1.06. The summed E-state index contributed by atoms with van der Waals surface area (Å²) in [5, 5.41) is 11.0. The molecule has 5 nitrogen and oxygen atoms in total. The SMILES string of the molecule is Cc1cc(C)c(C(=O)NCCO)c(=O)[nH]1. The lowest BCUT2D eigenvalue weighted by Crippen LogP contribution is -2.32. The molecule has 0 fully saturated rings. The minimum absolute atomic E-state index is 0.106. The standard InChI is InChI=1S/C10H14N2O3/c1-6-5-7(2)12-10(15)8(6)9(14)11-3-4-13/h5,13H,3-4H2,1-2H3,(H,11,14)(H,12,15). The molecule has 0 aliphatic rings. The molecule has 15 heavy (non-hydrogen) atoms. The highest BCUT2D eigenvalue weighted by Crippen LogP contribution is 2.02. The van der Waals surface area contributed by atoms with Gasteiger partial charge < -0.3 is 15.4 Å². The third kappa shape index (κ3) is 2.66. The maximum atomic E-state index is 11.5. The molecule has 3 N–H and O–H groups in total. The molecule has 0 bridgehead atoms. The Hall–Kier alpha value is -1.62. The number of nitrogens with one attached hydrogen (secondary N) is 2. The maximum Gasteiger partial charge on any atom is 0.261 e. The van der Waals surface area contributed by atoms with Crippen molar-refractivity contribution in [1.82, 2.24) is 10.3 Å². The van der Waals surface area contributed by atoms with Gasteiger partial charge in [-0.3, -0.25) is 9.59 Å². The minimum Gasteiger partial charge on any atom is -0.395 e. The van der Waals surface area contributed by atoms with Crippen molar-refractivity contribution < 1.29 is 9.90 Å². The Morgan fingerprint density at radius 1 is 1.53 bits per heavy atom. The lowest BCUT2D eigenvalue weighted by atomic mass is 10.1. The van der Waals surface area contributed by atoms with Gasteiger partial charge in [-0.2, -0.15) is 0 Å². The largest absolute Gasteiger partial charge is 0.395 e. The maximum absolute atomic E-state index is 11.5. The van der Waals surface area contributed by atoms with E-state index < -0.39 is 11.5 Å². The molecule has 0 aliphatic carbocycles. The molecule has 1 aromatic heterocycles. The molecule has 82 valence electrons. The summed E-state index contributed by atoms with van der Waals surface area (Å²) in [4.78, 5) is 25.6. The second-order valence-corrected chi connectivity index (χ2v) is 3.32. The summed E-state index contributed by atoms with van der Waals surface area (Å²) in [5.74, 6) is -0.456. The van der Waals surface area contributed by atoms with Crippen LogP contribution in [0.2, 0.25) is 0 Å². The molecule has 5 heteroatoms. The predicted molar refractivity (Wildman–Crippen MR) is 56.0 cm³/mol. The van der Waals surface area contributed by atoms with Gasteiger partial charge in [0, 0.05) is 12.2 Å². The molecule has 0 radical (unpaired) electrons. The van der Waals surface area contributed by atoms with Gasteiger partial charge in [0.05, 0.1) is 6.61 Å². The summed E-state index contributed by atoms with van der Waals surface area (Å²) in [6.45, 7) is 3.46. The minimum atomic E-state index is -0.456. The zero-order valence-corrected chi connectivity index (χ0v) is 8.76. The van der Waals surface area contributed by atoms with Gasteiger partial charge in [0.1, 0.15) is 5.56 Å². The van der Waals surface area contributed by atoms with Crippen LogP contribution in [0.4, 0.5) is 0 Å². The van der Waals surface area contributed by atoms with Crippen molar-refractivity contribution in [3.8, 4) is 0 Å². The van der Waals surface area contributed by atoms with Crippen LogP contribution in [0.3, 0.4) is 0 Å². The van der Waals surface area contributed by atoms with Crippen LogP contribution in [0.1, 0.15) is 21.6 Å². The number of aromatic amines is 1. The molecule has 0 spiro atoms. The number of H-pyrrole nitrogens is 1.